The van der Waals surface area contributed by atoms with Gasteiger partial charge in [-0.15, -0.1) is 0 Å². The first kappa shape index (κ1) is 13.8. The molecule has 1 aromatic heterocycles. The number of benzene rings is 1. The van der Waals surface area contributed by atoms with Crippen LogP contribution in [-0.4, -0.2) is 18.0 Å². The zero-order valence-electron chi connectivity index (χ0n) is 11.2. The van der Waals surface area contributed by atoms with E-state index in [9.17, 15) is 4.79 Å². The Morgan fingerprint density at radius 1 is 1.30 bits per heavy atom. The lowest BCUT2D eigenvalue weighted by molar-refractivity contribution is -0.116. The van der Waals surface area contributed by atoms with Crippen molar-refractivity contribution < 1.29 is 9.53 Å². The van der Waals surface area contributed by atoms with E-state index in [4.69, 9.17) is 4.74 Å². The molecule has 0 aliphatic carbocycles. The van der Waals surface area contributed by atoms with Crippen LogP contribution in [0.4, 0.5) is 0 Å². The van der Waals surface area contributed by atoms with Crippen LogP contribution in [-0.2, 0) is 11.3 Å². The molecular weight excluding hydrogens is 252 g/mol. The predicted molar refractivity (Wildman–Crippen MR) is 78.1 cm³/mol. The molecule has 1 aromatic carbocycles. The van der Waals surface area contributed by atoms with Crippen molar-refractivity contribution in [3.63, 3.8) is 0 Å². The fourth-order valence-electron chi connectivity index (χ4n) is 1.64. The van der Waals surface area contributed by atoms with Crippen LogP contribution in [0.25, 0.3) is 6.08 Å². The topological polar surface area (TPSA) is 51.2 Å². The number of carbonyl (C=O) groups is 1. The molecule has 1 heterocycles. The summed E-state index contributed by atoms with van der Waals surface area (Å²) in [6.07, 6.45) is 6.71. The number of nitrogens with zero attached hydrogens (tertiary/aromatic N) is 1. The van der Waals surface area contributed by atoms with Gasteiger partial charge in [-0.05, 0) is 35.4 Å². The first-order valence-electron chi connectivity index (χ1n) is 6.27. The maximum atomic E-state index is 11.7. The lowest BCUT2D eigenvalue weighted by atomic mass is 10.2. The zero-order chi connectivity index (χ0) is 14.2. The number of carbonyl (C=O) groups excluding carboxylic acids is 1. The molecule has 20 heavy (non-hydrogen) atoms. The molecule has 0 saturated heterocycles. The maximum Gasteiger partial charge on any atom is 0.244 e. The Labute approximate surface area is 118 Å². The number of pyridine rings is 1. The average molecular weight is 268 g/mol. The molecule has 4 nitrogen and oxygen atoms in total. The van der Waals surface area contributed by atoms with Gasteiger partial charge in [-0.1, -0.05) is 18.2 Å². The van der Waals surface area contributed by atoms with Gasteiger partial charge in [-0.2, -0.15) is 0 Å². The normalized spacial score (nSPS) is 10.4. The molecule has 0 aliphatic heterocycles. The molecule has 0 unspecified atom stereocenters. The Bertz CT molecular complexity index is 577. The Balaban J connectivity index is 1.85. The molecule has 2 rings (SSSR count). The summed E-state index contributed by atoms with van der Waals surface area (Å²) in [5.74, 6) is 0.660. The summed E-state index contributed by atoms with van der Waals surface area (Å²) < 4.78 is 5.07. The van der Waals surface area contributed by atoms with E-state index >= 15 is 0 Å². The van der Waals surface area contributed by atoms with Crippen molar-refractivity contribution in [2.45, 2.75) is 6.54 Å². The van der Waals surface area contributed by atoms with Crippen LogP contribution >= 0.6 is 0 Å². The number of hydrogen-bond donors (Lipinski definition) is 1. The number of methoxy groups -OCH3 is 1. The molecule has 0 radical (unpaired) electrons. The summed E-state index contributed by atoms with van der Waals surface area (Å²) in [6.45, 7) is 0.472. The highest BCUT2D eigenvalue weighted by atomic mass is 16.5. The molecule has 0 saturated carbocycles. The Morgan fingerprint density at radius 2 is 2.10 bits per heavy atom. The van der Waals surface area contributed by atoms with Gasteiger partial charge in [0.15, 0.2) is 0 Å². The first-order valence-corrected chi connectivity index (χ1v) is 6.27. The largest absolute Gasteiger partial charge is 0.497 e. The highest BCUT2D eigenvalue weighted by Crippen LogP contribution is 2.12. The molecule has 2 aromatic rings. The van der Waals surface area contributed by atoms with Crippen molar-refractivity contribution in [2.75, 3.05) is 7.11 Å². The second-order valence-electron chi connectivity index (χ2n) is 4.19. The third-order valence-electron chi connectivity index (χ3n) is 2.73. The molecule has 102 valence electrons. The van der Waals surface area contributed by atoms with Gasteiger partial charge < -0.3 is 10.1 Å². The molecule has 0 spiro atoms. The van der Waals surface area contributed by atoms with Crippen molar-refractivity contribution >= 4 is 12.0 Å². The van der Waals surface area contributed by atoms with Gasteiger partial charge >= 0.3 is 0 Å². The van der Waals surface area contributed by atoms with Gasteiger partial charge in [0.1, 0.15) is 5.75 Å². The Hall–Kier alpha value is -2.62. The minimum Gasteiger partial charge on any atom is -0.497 e. The molecule has 0 fully saturated rings. The third kappa shape index (κ3) is 4.24. The van der Waals surface area contributed by atoms with Crippen molar-refractivity contribution in [3.8, 4) is 5.75 Å². The van der Waals surface area contributed by atoms with E-state index in [0.717, 1.165) is 16.9 Å². The number of hydrogen-bond acceptors (Lipinski definition) is 3. The second-order valence-corrected chi connectivity index (χ2v) is 4.19. The highest BCUT2D eigenvalue weighted by molar-refractivity contribution is 5.91. The summed E-state index contributed by atoms with van der Waals surface area (Å²) in [5.41, 5.74) is 1.92. The number of nitrogens with one attached hydrogen (secondary N) is 1. The van der Waals surface area contributed by atoms with Gasteiger partial charge in [-0.25, -0.2) is 0 Å². The van der Waals surface area contributed by atoms with E-state index in [-0.39, 0.29) is 5.91 Å². The lowest BCUT2D eigenvalue weighted by Crippen LogP contribution is -2.20. The minimum atomic E-state index is -0.135. The third-order valence-corrected chi connectivity index (χ3v) is 2.73. The Kier molecular flexibility index (Phi) is 4.89. The molecule has 0 aliphatic rings. The SMILES string of the molecule is COc1ccc(/C=C/C(=O)NCc2cccnc2)cc1. The number of amides is 1. The Morgan fingerprint density at radius 3 is 2.75 bits per heavy atom. The van der Waals surface area contributed by atoms with E-state index in [1.54, 1.807) is 25.6 Å². The quantitative estimate of drug-likeness (QED) is 0.847. The van der Waals surface area contributed by atoms with Crippen LogP contribution < -0.4 is 10.1 Å². The predicted octanol–water partition coefficient (Wildman–Crippen LogP) is 2.42. The van der Waals surface area contributed by atoms with Crippen LogP contribution in [0.15, 0.2) is 54.9 Å². The van der Waals surface area contributed by atoms with Gasteiger partial charge in [0.25, 0.3) is 0 Å². The lowest BCUT2D eigenvalue weighted by Gasteiger charge is -2.02. The van der Waals surface area contributed by atoms with Gasteiger partial charge in [-0.3, -0.25) is 9.78 Å². The maximum absolute atomic E-state index is 11.7. The summed E-state index contributed by atoms with van der Waals surface area (Å²) in [4.78, 5) is 15.7. The fourth-order valence-corrected chi connectivity index (χ4v) is 1.64. The second kappa shape index (κ2) is 7.09. The highest BCUT2D eigenvalue weighted by Gasteiger charge is 1.97. The monoisotopic (exact) mass is 268 g/mol. The van der Waals surface area contributed by atoms with Crippen LogP contribution in [0, 0.1) is 0 Å². The number of rotatable bonds is 5. The summed E-state index contributed by atoms with van der Waals surface area (Å²) >= 11 is 0. The molecule has 1 N–H and O–H groups in total. The smallest absolute Gasteiger partial charge is 0.244 e. The molecule has 4 heteroatoms. The van der Waals surface area contributed by atoms with Gasteiger partial charge in [0.2, 0.25) is 5.91 Å². The van der Waals surface area contributed by atoms with Crippen molar-refractivity contribution in [3.05, 3.63) is 66.0 Å². The van der Waals surface area contributed by atoms with Gasteiger partial charge in [0, 0.05) is 25.0 Å². The van der Waals surface area contributed by atoms with Crippen molar-refractivity contribution in [1.82, 2.24) is 10.3 Å². The van der Waals surface area contributed by atoms with E-state index in [2.05, 4.69) is 10.3 Å². The molecule has 0 bridgehead atoms. The van der Waals surface area contributed by atoms with Crippen LogP contribution in [0.5, 0.6) is 5.75 Å². The van der Waals surface area contributed by atoms with Crippen LogP contribution in [0.2, 0.25) is 0 Å². The van der Waals surface area contributed by atoms with Crippen LogP contribution in [0.1, 0.15) is 11.1 Å². The van der Waals surface area contributed by atoms with Crippen LogP contribution in [0.3, 0.4) is 0 Å². The summed E-state index contributed by atoms with van der Waals surface area (Å²) in [6, 6.07) is 11.3. The van der Waals surface area contributed by atoms with Crippen molar-refractivity contribution in [1.29, 1.82) is 0 Å². The fraction of sp³-hybridized carbons (Fsp3) is 0.125. The molecule has 1 amide bonds. The summed E-state index contributed by atoms with van der Waals surface area (Å²) in [7, 11) is 1.62. The van der Waals surface area contributed by atoms with Gasteiger partial charge in [0.05, 0.1) is 7.11 Å². The minimum absolute atomic E-state index is 0.135. The average Bonchev–Trinajstić information content (AvgIpc) is 2.52. The molecular formula is C16H16N2O2. The zero-order valence-corrected chi connectivity index (χ0v) is 11.2. The first-order chi connectivity index (χ1) is 9.78. The number of ether oxygens (including phenoxy) is 1. The molecule has 0 atom stereocenters. The van der Waals surface area contributed by atoms with E-state index in [1.807, 2.05) is 36.4 Å². The van der Waals surface area contributed by atoms with E-state index in [1.165, 1.54) is 6.08 Å². The number of aromatic nitrogens is 1. The standard InChI is InChI=1S/C16H16N2O2/c1-20-15-7-4-13(5-8-15)6-9-16(19)18-12-14-3-2-10-17-11-14/h2-11H,12H2,1H3,(H,18,19)/b9-6+. The van der Waals surface area contributed by atoms with Crippen molar-refractivity contribution in [2.24, 2.45) is 0 Å². The van der Waals surface area contributed by atoms with E-state index < -0.39 is 0 Å². The summed E-state index contributed by atoms with van der Waals surface area (Å²) in [5, 5.41) is 2.80. The van der Waals surface area contributed by atoms with E-state index in [0.29, 0.717) is 6.54 Å².